The van der Waals surface area contributed by atoms with E-state index in [1.54, 1.807) is 12.3 Å². The van der Waals surface area contributed by atoms with Crippen LogP contribution in [0, 0.1) is 6.92 Å². The lowest BCUT2D eigenvalue weighted by Crippen LogP contribution is -2.38. The molecular formula is C11H15N3OS. The van der Waals surface area contributed by atoms with Crippen LogP contribution < -0.4 is 5.73 Å². The second kappa shape index (κ2) is 4.74. The van der Waals surface area contributed by atoms with Crippen LogP contribution in [-0.4, -0.2) is 40.4 Å². The van der Waals surface area contributed by atoms with Crippen LogP contribution in [0.5, 0.6) is 0 Å². The molecule has 1 amide bonds. The minimum Gasteiger partial charge on any atom is -0.397 e. The van der Waals surface area contributed by atoms with E-state index >= 15 is 0 Å². The van der Waals surface area contributed by atoms with Gasteiger partial charge < -0.3 is 10.6 Å². The van der Waals surface area contributed by atoms with Crippen molar-refractivity contribution in [3.8, 4) is 0 Å². The first-order valence-electron chi connectivity index (χ1n) is 5.27. The molecule has 86 valence electrons. The van der Waals surface area contributed by atoms with Crippen LogP contribution in [0.15, 0.2) is 12.3 Å². The van der Waals surface area contributed by atoms with Gasteiger partial charge in [0.2, 0.25) is 0 Å². The zero-order valence-corrected chi connectivity index (χ0v) is 10.1. The van der Waals surface area contributed by atoms with Crippen LogP contribution in [0.25, 0.3) is 0 Å². The molecule has 0 radical (unpaired) electrons. The van der Waals surface area contributed by atoms with Crippen molar-refractivity contribution in [2.24, 2.45) is 0 Å². The number of nitrogen functional groups attached to an aromatic ring is 1. The number of carbonyl (C=O) groups excluding carboxylic acids is 1. The van der Waals surface area contributed by atoms with E-state index in [-0.39, 0.29) is 5.91 Å². The summed E-state index contributed by atoms with van der Waals surface area (Å²) in [6.45, 7) is 3.47. The van der Waals surface area contributed by atoms with Crippen molar-refractivity contribution in [3.05, 3.63) is 23.5 Å². The van der Waals surface area contributed by atoms with Crippen LogP contribution in [0.1, 0.15) is 16.1 Å². The SMILES string of the molecule is Cc1ncc(N)cc1C(=O)N1CCSCC1. The van der Waals surface area contributed by atoms with Gasteiger partial charge in [-0.1, -0.05) is 0 Å². The van der Waals surface area contributed by atoms with Crippen molar-refractivity contribution in [2.45, 2.75) is 6.92 Å². The highest BCUT2D eigenvalue weighted by atomic mass is 32.2. The summed E-state index contributed by atoms with van der Waals surface area (Å²) in [5, 5.41) is 0. The van der Waals surface area contributed by atoms with Crippen LogP contribution in [-0.2, 0) is 0 Å². The molecule has 16 heavy (non-hydrogen) atoms. The molecular weight excluding hydrogens is 222 g/mol. The monoisotopic (exact) mass is 237 g/mol. The Morgan fingerprint density at radius 3 is 2.88 bits per heavy atom. The highest BCUT2D eigenvalue weighted by Gasteiger charge is 2.20. The standard InChI is InChI=1S/C11H15N3OS/c1-8-10(6-9(12)7-13-8)11(15)14-2-4-16-5-3-14/h6-7H,2-5,12H2,1H3. The topological polar surface area (TPSA) is 59.2 Å². The van der Waals surface area contributed by atoms with Gasteiger partial charge in [0, 0.05) is 24.6 Å². The number of aryl methyl sites for hydroxylation is 1. The van der Waals surface area contributed by atoms with E-state index in [0.717, 1.165) is 30.3 Å². The van der Waals surface area contributed by atoms with E-state index in [9.17, 15) is 4.79 Å². The molecule has 4 nitrogen and oxygen atoms in total. The van der Waals surface area contributed by atoms with E-state index in [1.807, 2.05) is 23.6 Å². The summed E-state index contributed by atoms with van der Waals surface area (Å²) in [5.41, 5.74) is 7.58. The number of thioether (sulfide) groups is 1. The van der Waals surface area contributed by atoms with Crippen molar-refractivity contribution in [2.75, 3.05) is 30.3 Å². The summed E-state index contributed by atoms with van der Waals surface area (Å²) in [7, 11) is 0. The first-order chi connectivity index (χ1) is 7.68. The Morgan fingerprint density at radius 2 is 2.19 bits per heavy atom. The molecule has 2 N–H and O–H groups in total. The summed E-state index contributed by atoms with van der Waals surface area (Å²) in [5.74, 6) is 2.08. The number of nitrogens with two attached hydrogens (primary N) is 1. The minimum atomic E-state index is 0.0533. The Kier molecular flexibility index (Phi) is 3.33. The van der Waals surface area contributed by atoms with Gasteiger partial charge in [-0.3, -0.25) is 9.78 Å². The molecule has 0 aliphatic carbocycles. The number of hydrogen-bond donors (Lipinski definition) is 1. The average molecular weight is 237 g/mol. The quantitative estimate of drug-likeness (QED) is 0.796. The lowest BCUT2D eigenvalue weighted by molar-refractivity contribution is 0.0771. The Labute approximate surface area is 99.2 Å². The van der Waals surface area contributed by atoms with E-state index in [4.69, 9.17) is 5.73 Å². The molecule has 1 aliphatic heterocycles. The number of aromatic nitrogens is 1. The second-order valence-electron chi connectivity index (χ2n) is 3.81. The van der Waals surface area contributed by atoms with E-state index in [1.165, 1.54) is 0 Å². The number of anilines is 1. The molecule has 2 rings (SSSR count). The third kappa shape index (κ3) is 2.29. The number of amides is 1. The molecule has 1 saturated heterocycles. The summed E-state index contributed by atoms with van der Waals surface area (Å²) in [4.78, 5) is 18.2. The second-order valence-corrected chi connectivity index (χ2v) is 5.03. The molecule has 1 aromatic heterocycles. The maximum absolute atomic E-state index is 12.2. The van der Waals surface area contributed by atoms with E-state index < -0.39 is 0 Å². The summed E-state index contributed by atoms with van der Waals surface area (Å²) in [6, 6.07) is 1.71. The summed E-state index contributed by atoms with van der Waals surface area (Å²) < 4.78 is 0. The van der Waals surface area contributed by atoms with E-state index in [2.05, 4.69) is 4.98 Å². The number of rotatable bonds is 1. The van der Waals surface area contributed by atoms with Gasteiger partial charge in [0.25, 0.3) is 5.91 Å². The van der Waals surface area contributed by atoms with Crippen molar-refractivity contribution >= 4 is 23.4 Å². The number of hydrogen-bond acceptors (Lipinski definition) is 4. The number of pyridine rings is 1. The molecule has 0 saturated carbocycles. The lowest BCUT2D eigenvalue weighted by Gasteiger charge is -2.26. The van der Waals surface area contributed by atoms with Crippen molar-refractivity contribution in [1.82, 2.24) is 9.88 Å². The van der Waals surface area contributed by atoms with Gasteiger partial charge in [-0.25, -0.2) is 0 Å². The molecule has 0 bridgehead atoms. The molecule has 0 spiro atoms. The highest BCUT2D eigenvalue weighted by molar-refractivity contribution is 7.99. The number of nitrogens with zero attached hydrogens (tertiary/aromatic N) is 2. The first-order valence-corrected chi connectivity index (χ1v) is 6.43. The van der Waals surface area contributed by atoms with Crippen molar-refractivity contribution in [3.63, 3.8) is 0 Å². The zero-order chi connectivity index (χ0) is 11.5. The van der Waals surface area contributed by atoms with Gasteiger partial charge in [0.15, 0.2) is 0 Å². The van der Waals surface area contributed by atoms with Gasteiger partial charge in [0.05, 0.1) is 23.1 Å². The summed E-state index contributed by atoms with van der Waals surface area (Å²) >= 11 is 1.88. The zero-order valence-electron chi connectivity index (χ0n) is 9.27. The predicted octanol–water partition coefficient (Wildman–Crippen LogP) is 1.16. The maximum Gasteiger partial charge on any atom is 0.255 e. The summed E-state index contributed by atoms with van der Waals surface area (Å²) in [6.07, 6.45) is 1.58. The lowest BCUT2D eigenvalue weighted by atomic mass is 10.1. The third-order valence-corrected chi connectivity index (χ3v) is 3.58. The largest absolute Gasteiger partial charge is 0.397 e. The Hall–Kier alpha value is -1.23. The molecule has 1 fully saturated rings. The Bertz CT molecular complexity index is 402. The predicted molar refractivity (Wildman–Crippen MR) is 66.6 cm³/mol. The fourth-order valence-electron chi connectivity index (χ4n) is 1.70. The molecule has 2 heterocycles. The van der Waals surface area contributed by atoms with Gasteiger partial charge in [-0.15, -0.1) is 0 Å². The van der Waals surface area contributed by atoms with Gasteiger partial charge >= 0.3 is 0 Å². The van der Waals surface area contributed by atoms with Crippen LogP contribution in [0.2, 0.25) is 0 Å². The fraction of sp³-hybridized carbons (Fsp3) is 0.455. The molecule has 0 atom stereocenters. The smallest absolute Gasteiger partial charge is 0.255 e. The van der Waals surface area contributed by atoms with Crippen LogP contribution in [0.3, 0.4) is 0 Å². The molecule has 0 unspecified atom stereocenters. The molecule has 5 heteroatoms. The average Bonchev–Trinajstić information content (AvgIpc) is 2.32. The van der Waals surface area contributed by atoms with Gasteiger partial charge in [0.1, 0.15) is 0 Å². The molecule has 1 aliphatic rings. The maximum atomic E-state index is 12.2. The van der Waals surface area contributed by atoms with Crippen molar-refractivity contribution < 1.29 is 4.79 Å². The van der Waals surface area contributed by atoms with Crippen LogP contribution >= 0.6 is 11.8 Å². The molecule has 1 aromatic rings. The molecule has 0 aromatic carbocycles. The normalized spacial score (nSPS) is 16.2. The third-order valence-electron chi connectivity index (χ3n) is 2.64. The highest BCUT2D eigenvalue weighted by Crippen LogP contribution is 2.16. The number of carbonyl (C=O) groups is 1. The first kappa shape index (κ1) is 11.3. The van der Waals surface area contributed by atoms with Gasteiger partial charge in [-0.2, -0.15) is 11.8 Å². The minimum absolute atomic E-state index is 0.0533. The van der Waals surface area contributed by atoms with Gasteiger partial charge in [-0.05, 0) is 13.0 Å². The Morgan fingerprint density at radius 1 is 1.50 bits per heavy atom. The van der Waals surface area contributed by atoms with Crippen molar-refractivity contribution in [1.29, 1.82) is 0 Å². The Balaban J connectivity index is 2.22. The fourth-order valence-corrected chi connectivity index (χ4v) is 2.61. The van der Waals surface area contributed by atoms with E-state index in [0.29, 0.717) is 11.3 Å². The van der Waals surface area contributed by atoms with Crippen LogP contribution in [0.4, 0.5) is 5.69 Å².